The number of nitrogens with zero attached hydrogens (tertiary/aromatic N) is 1. The van der Waals surface area contributed by atoms with Crippen molar-refractivity contribution in [3.8, 4) is 5.75 Å². The normalized spacial score (nSPS) is 20.5. The van der Waals surface area contributed by atoms with E-state index in [0.717, 1.165) is 30.9 Å². The summed E-state index contributed by atoms with van der Waals surface area (Å²) in [7, 11) is 1.67. The zero-order valence-electron chi connectivity index (χ0n) is 13.9. The molecule has 3 heteroatoms. The molecule has 122 valence electrons. The molecule has 1 aliphatic heterocycles. The second-order valence-electron chi connectivity index (χ2n) is 6.58. The van der Waals surface area contributed by atoms with E-state index in [1.54, 1.807) is 7.11 Å². The van der Waals surface area contributed by atoms with Gasteiger partial charge in [0.15, 0.2) is 0 Å². The zero-order valence-corrected chi connectivity index (χ0v) is 13.9. The molecule has 1 unspecified atom stereocenters. The van der Waals surface area contributed by atoms with Crippen molar-refractivity contribution in [2.45, 2.75) is 13.0 Å². The Morgan fingerprint density at radius 1 is 1.08 bits per heavy atom. The number of carbonyl (C=O) groups is 1. The first-order chi connectivity index (χ1) is 11.7. The predicted molar refractivity (Wildman–Crippen MR) is 94.7 cm³/mol. The number of ketones is 1. The number of ether oxygens (including phenoxy) is 1. The Labute approximate surface area is 142 Å². The Morgan fingerprint density at radius 2 is 1.83 bits per heavy atom. The number of Topliss-reactive ketones (excluding diaryl/α,β-unsaturated/α-hetero) is 1. The lowest BCUT2D eigenvalue weighted by Gasteiger charge is -2.16. The summed E-state index contributed by atoms with van der Waals surface area (Å²) in [6.45, 7) is 2.65. The molecule has 0 aromatic heterocycles. The minimum Gasteiger partial charge on any atom is -0.497 e. The summed E-state index contributed by atoms with van der Waals surface area (Å²) in [6.07, 6.45) is 0.575. The number of benzene rings is 2. The minimum absolute atomic E-state index is 0.0887. The SMILES string of the molecule is COc1ccc(C2=C3CN(Cc4ccccc4)CC3C(=O)C2)cc1. The van der Waals surface area contributed by atoms with Crippen LogP contribution in [0.25, 0.3) is 5.57 Å². The number of allylic oxidation sites excluding steroid dienone is 1. The van der Waals surface area contributed by atoms with Gasteiger partial charge in [0, 0.05) is 26.1 Å². The maximum absolute atomic E-state index is 12.5. The van der Waals surface area contributed by atoms with E-state index < -0.39 is 0 Å². The maximum Gasteiger partial charge on any atom is 0.145 e. The molecule has 1 atom stereocenters. The van der Waals surface area contributed by atoms with Crippen LogP contribution in [-0.4, -0.2) is 30.9 Å². The largest absolute Gasteiger partial charge is 0.497 e. The lowest BCUT2D eigenvalue weighted by molar-refractivity contribution is -0.120. The monoisotopic (exact) mass is 319 g/mol. The Balaban J connectivity index is 1.58. The Bertz CT molecular complexity index is 777. The smallest absolute Gasteiger partial charge is 0.145 e. The van der Waals surface area contributed by atoms with Gasteiger partial charge in [0.2, 0.25) is 0 Å². The van der Waals surface area contributed by atoms with Crippen LogP contribution in [0.4, 0.5) is 0 Å². The number of rotatable bonds is 4. The Morgan fingerprint density at radius 3 is 2.54 bits per heavy atom. The van der Waals surface area contributed by atoms with Crippen LogP contribution in [0.2, 0.25) is 0 Å². The molecule has 0 bridgehead atoms. The summed E-state index contributed by atoms with van der Waals surface area (Å²) in [5.74, 6) is 1.31. The molecule has 1 heterocycles. The van der Waals surface area contributed by atoms with Gasteiger partial charge in [-0.1, -0.05) is 42.5 Å². The molecule has 1 saturated heterocycles. The zero-order chi connectivity index (χ0) is 16.5. The third-order valence-electron chi connectivity index (χ3n) is 5.07. The van der Waals surface area contributed by atoms with Crippen molar-refractivity contribution in [3.63, 3.8) is 0 Å². The molecule has 0 radical (unpaired) electrons. The average molecular weight is 319 g/mol. The predicted octanol–water partition coefficient (Wildman–Crippen LogP) is 3.55. The van der Waals surface area contributed by atoms with Crippen molar-refractivity contribution in [3.05, 3.63) is 71.3 Å². The molecule has 0 saturated carbocycles. The van der Waals surface area contributed by atoms with E-state index >= 15 is 0 Å². The quantitative estimate of drug-likeness (QED) is 0.863. The lowest BCUT2D eigenvalue weighted by atomic mass is 10.0. The van der Waals surface area contributed by atoms with Crippen LogP contribution >= 0.6 is 0 Å². The fraction of sp³-hybridized carbons (Fsp3) is 0.286. The Kier molecular flexibility index (Phi) is 3.95. The standard InChI is InChI=1S/C21H21NO2/c1-24-17-9-7-16(8-10-17)18-11-21(23)20-14-22(13-19(18)20)12-15-5-3-2-4-6-15/h2-10,20H,11-14H2,1H3. The topological polar surface area (TPSA) is 29.5 Å². The second-order valence-corrected chi connectivity index (χ2v) is 6.58. The minimum atomic E-state index is 0.0887. The number of hydrogen-bond donors (Lipinski definition) is 0. The molecule has 0 amide bonds. The molecule has 0 N–H and O–H groups in total. The van der Waals surface area contributed by atoms with Crippen molar-refractivity contribution in [1.29, 1.82) is 0 Å². The average Bonchev–Trinajstić information content (AvgIpc) is 3.16. The molecule has 3 nitrogen and oxygen atoms in total. The first-order valence-electron chi connectivity index (χ1n) is 8.40. The molecule has 4 rings (SSSR count). The highest BCUT2D eigenvalue weighted by Crippen LogP contribution is 2.40. The number of fused-ring (bicyclic) bond motifs is 1. The number of carbonyl (C=O) groups excluding carboxylic acids is 1. The summed E-state index contributed by atoms with van der Waals surface area (Å²) in [4.78, 5) is 14.9. The van der Waals surface area contributed by atoms with E-state index in [0.29, 0.717) is 12.2 Å². The fourth-order valence-electron chi connectivity index (χ4n) is 3.84. The highest BCUT2D eigenvalue weighted by molar-refractivity contribution is 6.01. The van der Waals surface area contributed by atoms with Gasteiger partial charge < -0.3 is 4.74 Å². The highest BCUT2D eigenvalue weighted by atomic mass is 16.5. The van der Waals surface area contributed by atoms with Gasteiger partial charge in [-0.2, -0.15) is 0 Å². The van der Waals surface area contributed by atoms with E-state index in [1.165, 1.54) is 16.7 Å². The number of likely N-dealkylation sites (tertiary alicyclic amines) is 1. The molecule has 24 heavy (non-hydrogen) atoms. The van der Waals surface area contributed by atoms with E-state index in [9.17, 15) is 4.79 Å². The van der Waals surface area contributed by atoms with Crippen LogP contribution in [0.1, 0.15) is 17.5 Å². The van der Waals surface area contributed by atoms with Crippen LogP contribution in [0.3, 0.4) is 0 Å². The van der Waals surface area contributed by atoms with Gasteiger partial charge in [-0.3, -0.25) is 9.69 Å². The van der Waals surface area contributed by atoms with Gasteiger partial charge in [0.25, 0.3) is 0 Å². The van der Waals surface area contributed by atoms with E-state index in [4.69, 9.17) is 4.74 Å². The van der Waals surface area contributed by atoms with Crippen molar-refractivity contribution in [1.82, 2.24) is 4.90 Å². The fourth-order valence-corrected chi connectivity index (χ4v) is 3.84. The summed E-state index contributed by atoms with van der Waals surface area (Å²) >= 11 is 0. The van der Waals surface area contributed by atoms with E-state index in [1.807, 2.05) is 18.2 Å². The van der Waals surface area contributed by atoms with Crippen molar-refractivity contribution in [2.24, 2.45) is 5.92 Å². The third-order valence-corrected chi connectivity index (χ3v) is 5.07. The lowest BCUT2D eigenvalue weighted by Crippen LogP contribution is -2.22. The van der Waals surface area contributed by atoms with Gasteiger partial charge in [0.1, 0.15) is 11.5 Å². The van der Waals surface area contributed by atoms with Crippen molar-refractivity contribution in [2.75, 3.05) is 20.2 Å². The first-order valence-corrected chi connectivity index (χ1v) is 8.40. The van der Waals surface area contributed by atoms with E-state index in [2.05, 4.69) is 41.3 Å². The summed E-state index contributed by atoms with van der Waals surface area (Å²) in [5, 5.41) is 0. The molecular formula is C21H21NO2. The van der Waals surface area contributed by atoms with Crippen LogP contribution < -0.4 is 4.74 Å². The van der Waals surface area contributed by atoms with E-state index in [-0.39, 0.29) is 5.92 Å². The van der Waals surface area contributed by atoms with Crippen molar-refractivity contribution >= 4 is 11.4 Å². The van der Waals surface area contributed by atoms with Gasteiger partial charge in [-0.15, -0.1) is 0 Å². The first kappa shape index (κ1) is 15.2. The number of hydrogen-bond acceptors (Lipinski definition) is 3. The van der Waals surface area contributed by atoms with Crippen LogP contribution in [0, 0.1) is 5.92 Å². The van der Waals surface area contributed by atoms with Gasteiger partial charge in [-0.05, 0) is 34.4 Å². The molecule has 2 aromatic rings. The number of methoxy groups -OCH3 is 1. The van der Waals surface area contributed by atoms with Gasteiger partial charge in [-0.25, -0.2) is 0 Å². The second kappa shape index (κ2) is 6.25. The summed E-state index contributed by atoms with van der Waals surface area (Å²) < 4.78 is 5.23. The van der Waals surface area contributed by atoms with Crippen molar-refractivity contribution < 1.29 is 9.53 Å². The maximum atomic E-state index is 12.5. The molecule has 2 aromatic carbocycles. The summed E-state index contributed by atoms with van der Waals surface area (Å²) in [5.41, 5.74) is 5.00. The molecule has 1 fully saturated rings. The third kappa shape index (κ3) is 2.76. The van der Waals surface area contributed by atoms with Gasteiger partial charge in [0.05, 0.1) is 13.0 Å². The van der Waals surface area contributed by atoms with Gasteiger partial charge >= 0.3 is 0 Å². The molecule has 0 spiro atoms. The molecule has 2 aliphatic rings. The Hall–Kier alpha value is -2.39. The molecule has 1 aliphatic carbocycles. The van der Waals surface area contributed by atoms with Crippen LogP contribution in [0.5, 0.6) is 5.75 Å². The summed E-state index contributed by atoms with van der Waals surface area (Å²) in [6, 6.07) is 18.5. The van der Waals surface area contributed by atoms with Crippen LogP contribution in [-0.2, 0) is 11.3 Å². The molecular weight excluding hydrogens is 298 g/mol. The van der Waals surface area contributed by atoms with Crippen LogP contribution in [0.15, 0.2) is 60.2 Å². The highest BCUT2D eigenvalue weighted by Gasteiger charge is 2.39.